The third kappa shape index (κ3) is 3.29. The van der Waals surface area contributed by atoms with Crippen LogP contribution in [0, 0.1) is 11.7 Å². The first-order valence-corrected chi connectivity index (χ1v) is 7.90. The molecule has 18 heavy (non-hydrogen) atoms. The summed E-state index contributed by atoms with van der Waals surface area (Å²) >= 11 is 0. The lowest BCUT2D eigenvalue weighted by molar-refractivity contribution is 0.501. The van der Waals surface area contributed by atoms with E-state index in [1.807, 2.05) is 6.92 Å². The average molecular weight is 271 g/mol. The number of benzene rings is 1. The fourth-order valence-electron chi connectivity index (χ4n) is 2.12. The van der Waals surface area contributed by atoms with Crippen LogP contribution in [0.2, 0.25) is 0 Å². The molecule has 1 atom stereocenters. The monoisotopic (exact) mass is 271 g/mol. The highest BCUT2D eigenvalue weighted by atomic mass is 32.2. The SMILES string of the molecule is CCNC(CS(=O)(=O)c1cccc(F)c1)C1CC1. The number of sulfone groups is 1. The Kier molecular flexibility index (Phi) is 4.02. The quantitative estimate of drug-likeness (QED) is 0.860. The van der Waals surface area contributed by atoms with E-state index in [1.54, 1.807) is 0 Å². The molecule has 0 saturated heterocycles. The molecular weight excluding hydrogens is 253 g/mol. The van der Waals surface area contributed by atoms with E-state index in [0.717, 1.165) is 25.5 Å². The van der Waals surface area contributed by atoms with Gasteiger partial charge in [-0.05, 0) is 43.5 Å². The third-order valence-electron chi connectivity index (χ3n) is 3.21. The molecule has 2 rings (SSSR count). The molecule has 1 N–H and O–H groups in total. The fourth-order valence-corrected chi connectivity index (χ4v) is 3.75. The van der Waals surface area contributed by atoms with Crippen LogP contribution in [0.4, 0.5) is 4.39 Å². The molecule has 3 nitrogen and oxygen atoms in total. The second-order valence-corrected chi connectivity index (χ2v) is 6.77. The van der Waals surface area contributed by atoms with Crippen LogP contribution in [-0.4, -0.2) is 26.8 Å². The topological polar surface area (TPSA) is 46.2 Å². The van der Waals surface area contributed by atoms with Crippen molar-refractivity contribution in [3.8, 4) is 0 Å². The second-order valence-electron chi connectivity index (χ2n) is 4.74. The highest BCUT2D eigenvalue weighted by Crippen LogP contribution is 2.33. The Morgan fingerprint density at radius 2 is 2.17 bits per heavy atom. The van der Waals surface area contributed by atoms with Gasteiger partial charge in [-0.3, -0.25) is 0 Å². The molecule has 1 aromatic rings. The van der Waals surface area contributed by atoms with E-state index < -0.39 is 15.7 Å². The highest BCUT2D eigenvalue weighted by Gasteiger charge is 2.34. The summed E-state index contributed by atoms with van der Waals surface area (Å²) < 4.78 is 37.5. The van der Waals surface area contributed by atoms with Gasteiger partial charge in [-0.1, -0.05) is 13.0 Å². The van der Waals surface area contributed by atoms with Gasteiger partial charge in [0.2, 0.25) is 0 Å². The van der Waals surface area contributed by atoms with Crippen LogP contribution in [0.25, 0.3) is 0 Å². The zero-order valence-corrected chi connectivity index (χ0v) is 11.2. The van der Waals surface area contributed by atoms with Gasteiger partial charge in [-0.2, -0.15) is 0 Å². The predicted octanol–water partition coefficient (Wildman–Crippen LogP) is 1.99. The van der Waals surface area contributed by atoms with E-state index in [4.69, 9.17) is 0 Å². The first-order valence-electron chi connectivity index (χ1n) is 6.24. The van der Waals surface area contributed by atoms with Crippen molar-refractivity contribution in [2.45, 2.75) is 30.7 Å². The van der Waals surface area contributed by atoms with E-state index in [1.165, 1.54) is 18.2 Å². The van der Waals surface area contributed by atoms with Crippen molar-refractivity contribution in [3.63, 3.8) is 0 Å². The molecule has 0 amide bonds. The Morgan fingerprint density at radius 3 is 2.72 bits per heavy atom. The maximum absolute atomic E-state index is 13.1. The Labute approximate surface area is 107 Å². The molecule has 0 radical (unpaired) electrons. The van der Waals surface area contributed by atoms with Gasteiger partial charge in [0, 0.05) is 6.04 Å². The largest absolute Gasteiger partial charge is 0.313 e. The van der Waals surface area contributed by atoms with Crippen molar-refractivity contribution >= 4 is 9.84 Å². The summed E-state index contributed by atoms with van der Waals surface area (Å²) in [5, 5.41) is 3.21. The molecule has 1 aliphatic carbocycles. The van der Waals surface area contributed by atoms with Gasteiger partial charge in [0.1, 0.15) is 5.82 Å². The molecule has 0 spiro atoms. The minimum Gasteiger partial charge on any atom is -0.313 e. The maximum Gasteiger partial charge on any atom is 0.180 e. The van der Waals surface area contributed by atoms with Crippen molar-refractivity contribution in [2.24, 2.45) is 5.92 Å². The molecule has 1 unspecified atom stereocenters. The first-order chi connectivity index (χ1) is 8.53. The predicted molar refractivity (Wildman–Crippen MR) is 68.6 cm³/mol. The van der Waals surface area contributed by atoms with Crippen LogP contribution < -0.4 is 5.32 Å². The van der Waals surface area contributed by atoms with Crippen molar-refractivity contribution in [2.75, 3.05) is 12.3 Å². The molecule has 0 aliphatic heterocycles. The van der Waals surface area contributed by atoms with Crippen molar-refractivity contribution in [3.05, 3.63) is 30.1 Å². The van der Waals surface area contributed by atoms with E-state index in [0.29, 0.717) is 5.92 Å². The van der Waals surface area contributed by atoms with Gasteiger partial charge in [-0.25, -0.2) is 12.8 Å². The molecule has 0 bridgehead atoms. The summed E-state index contributed by atoms with van der Waals surface area (Å²) in [6.45, 7) is 2.71. The maximum atomic E-state index is 13.1. The van der Waals surface area contributed by atoms with Crippen LogP contribution in [0.15, 0.2) is 29.2 Å². The van der Waals surface area contributed by atoms with Gasteiger partial charge >= 0.3 is 0 Å². The summed E-state index contributed by atoms with van der Waals surface area (Å²) in [6, 6.07) is 5.21. The van der Waals surface area contributed by atoms with E-state index in [2.05, 4.69) is 5.32 Å². The Balaban J connectivity index is 2.15. The molecule has 100 valence electrons. The molecular formula is C13H18FNO2S. The van der Waals surface area contributed by atoms with Gasteiger partial charge in [-0.15, -0.1) is 0 Å². The van der Waals surface area contributed by atoms with Crippen LogP contribution in [0.1, 0.15) is 19.8 Å². The van der Waals surface area contributed by atoms with E-state index in [9.17, 15) is 12.8 Å². The average Bonchev–Trinajstić information content (AvgIpc) is 3.12. The summed E-state index contributed by atoms with van der Waals surface area (Å²) in [5.41, 5.74) is 0. The Hall–Kier alpha value is -0.940. The normalized spacial score (nSPS) is 17.7. The molecule has 1 aromatic carbocycles. The van der Waals surface area contributed by atoms with Crippen LogP contribution >= 0.6 is 0 Å². The number of hydrogen-bond donors (Lipinski definition) is 1. The fraction of sp³-hybridized carbons (Fsp3) is 0.538. The molecule has 5 heteroatoms. The van der Waals surface area contributed by atoms with E-state index >= 15 is 0 Å². The van der Waals surface area contributed by atoms with Gasteiger partial charge < -0.3 is 5.32 Å². The highest BCUT2D eigenvalue weighted by molar-refractivity contribution is 7.91. The zero-order chi connectivity index (χ0) is 13.2. The Bertz CT molecular complexity index is 511. The molecule has 1 aliphatic rings. The molecule has 0 heterocycles. The second kappa shape index (κ2) is 5.36. The third-order valence-corrected chi connectivity index (χ3v) is 4.98. The van der Waals surface area contributed by atoms with Crippen LogP contribution in [0.5, 0.6) is 0 Å². The lowest BCUT2D eigenvalue weighted by atomic mass is 10.2. The van der Waals surface area contributed by atoms with Crippen LogP contribution in [0.3, 0.4) is 0 Å². The van der Waals surface area contributed by atoms with Gasteiger partial charge in [0.25, 0.3) is 0 Å². The van der Waals surface area contributed by atoms with Crippen molar-refractivity contribution < 1.29 is 12.8 Å². The van der Waals surface area contributed by atoms with Gasteiger partial charge in [0.05, 0.1) is 10.6 Å². The van der Waals surface area contributed by atoms with Gasteiger partial charge in [0.15, 0.2) is 9.84 Å². The summed E-state index contributed by atoms with van der Waals surface area (Å²) in [5.74, 6) is -0.00891. The minimum atomic E-state index is -3.41. The first kappa shape index (κ1) is 13.5. The molecule has 1 saturated carbocycles. The zero-order valence-electron chi connectivity index (χ0n) is 10.4. The lowest BCUT2D eigenvalue weighted by Gasteiger charge is -2.17. The number of hydrogen-bond acceptors (Lipinski definition) is 3. The van der Waals surface area contributed by atoms with Crippen LogP contribution in [-0.2, 0) is 9.84 Å². The minimum absolute atomic E-state index is 0.0109. The standard InChI is InChI=1S/C13H18FNO2S/c1-2-15-13(10-6-7-10)9-18(16,17)12-5-3-4-11(14)8-12/h3-5,8,10,13,15H,2,6-7,9H2,1H3. The van der Waals surface area contributed by atoms with Crippen molar-refractivity contribution in [1.29, 1.82) is 0 Å². The smallest absolute Gasteiger partial charge is 0.180 e. The summed E-state index contributed by atoms with van der Waals surface area (Å²) in [6.07, 6.45) is 2.16. The number of rotatable bonds is 6. The van der Waals surface area contributed by atoms with Crippen molar-refractivity contribution in [1.82, 2.24) is 5.32 Å². The summed E-state index contributed by atoms with van der Waals surface area (Å²) in [4.78, 5) is 0.0750. The van der Waals surface area contributed by atoms with E-state index in [-0.39, 0.29) is 16.7 Å². The molecule has 0 aromatic heterocycles. The molecule has 1 fully saturated rings. The number of halogens is 1. The summed E-state index contributed by atoms with van der Waals surface area (Å²) in [7, 11) is -3.41. The Morgan fingerprint density at radius 1 is 1.44 bits per heavy atom. The lowest BCUT2D eigenvalue weighted by Crippen LogP contribution is -2.37. The number of nitrogens with one attached hydrogen (secondary N) is 1.